The molecule has 2 saturated heterocycles. The molecule has 1 atom stereocenters. The van der Waals surface area contributed by atoms with Crippen LogP contribution in [0.15, 0.2) is 23.1 Å². The molecule has 1 N–H and O–H groups in total. The van der Waals surface area contributed by atoms with Crippen molar-refractivity contribution in [2.75, 3.05) is 40.4 Å². The number of hydrogen-bond donors (Lipinski definition) is 1. The zero-order valence-corrected chi connectivity index (χ0v) is 15.0. The predicted molar refractivity (Wildman–Crippen MR) is 90.1 cm³/mol. The van der Waals surface area contributed by atoms with E-state index in [1.807, 2.05) is 0 Å². The van der Waals surface area contributed by atoms with E-state index < -0.39 is 10.0 Å². The van der Waals surface area contributed by atoms with E-state index >= 15 is 0 Å². The van der Waals surface area contributed by atoms with E-state index in [0.29, 0.717) is 24.6 Å². The number of rotatable bonds is 4. The van der Waals surface area contributed by atoms with E-state index in [4.69, 9.17) is 9.47 Å². The molecule has 1 spiro atoms. The minimum atomic E-state index is -3.49. The molecule has 1 aromatic carbocycles. The van der Waals surface area contributed by atoms with Gasteiger partial charge in [0.05, 0.1) is 19.1 Å². The highest BCUT2D eigenvalue weighted by Crippen LogP contribution is 2.39. The first-order valence-corrected chi connectivity index (χ1v) is 8.88. The Morgan fingerprint density at radius 2 is 1.91 bits per heavy atom. The largest absolute Gasteiger partial charge is 0.493 e. The lowest BCUT2D eigenvalue weighted by atomic mass is 9.87. The molecule has 2 aliphatic rings. The van der Waals surface area contributed by atoms with E-state index in [9.17, 15) is 8.42 Å². The van der Waals surface area contributed by atoms with E-state index in [2.05, 4.69) is 5.32 Å². The number of halogens is 1. The number of sulfonamides is 1. The van der Waals surface area contributed by atoms with E-state index in [1.54, 1.807) is 16.4 Å². The highest BCUT2D eigenvalue weighted by Gasteiger charge is 2.44. The topological polar surface area (TPSA) is 67.9 Å². The summed E-state index contributed by atoms with van der Waals surface area (Å²) in [7, 11) is -0.455. The summed E-state index contributed by atoms with van der Waals surface area (Å²) >= 11 is 0. The van der Waals surface area contributed by atoms with Gasteiger partial charge in [-0.2, -0.15) is 4.31 Å². The Balaban J connectivity index is 0.00000192. The van der Waals surface area contributed by atoms with E-state index in [0.717, 1.165) is 25.9 Å². The van der Waals surface area contributed by atoms with Crippen molar-refractivity contribution < 1.29 is 17.9 Å². The monoisotopic (exact) mass is 362 g/mol. The summed E-state index contributed by atoms with van der Waals surface area (Å²) in [5.74, 6) is 0.958. The van der Waals surface area contributed by atoms with Gasteiger partial charge in [0.2, 0.25) is 10.0 Å². The van der Waals surface area contributed by atoms with Crippen LogP contribution in [0.4, 0.5) is 0 Å². The molecule has 1 unspecified atom stereocenters. The molecule has 2 aliphatic heterocycles. The predicted octanol–water partition coefficient (Wildman–Crippen LogP) is 1.50. The Morgan fingerprint density at radius 3 is 2.52 bits per heavy atom. The summed E-state index contributed by atoms with van der Waals surface area (Å²) in [5, 5.41) is 3.34. The molecule has 8 heteroatoms. The minimum Gasteiger partial charge on any atom is -0.493 e. The Hall–Kier alpha value is -1.02. The third-order valence-corrected chi connectivity index (χ3v) is 6.57. The van der Waals surface area contributed by atoms with Crippen LogP contribution in [0.3, 0.4) is 0 Å². The lowest BCUT2D eigenvalue weighted by molar-refractivity contribution is 0.337. The average Bonchev–Trinajstić information content (AvgIpc) is 3.17. The molecule has 2 heterocycles. The third kappa shape index (κ3) is 3.28. The van der Waals surface area contributed by atoms with Gasteiger partial charge in [0.15, 0.2) is 11.5 Å². The van der Waals surface area contributed by atoms with Crippen LogP contribution in [0.1, 0.15) is 12.8 Å². The molecular weight excluding hydrogens is 340 g/mol. The van der Waals surface area contributed by atoms with Gasteiger partial charge in [0.25, 0.3) is 0 Å². The molecule has 6 nitrogen and oxygen atoms in total. The van der Waals surface area contributed by atoms with Crippen LogP contribution in [0.2, 0.25) is 0 Å². The average molecular weight is 363 g/mol. The Kier molecular flexibility index (Phi) is 5.45. The van der Waals surface area contributed by atoms with Gasteiger partial charge in [-0.15, -0.1) is 12.4 Å². The minimum absolute atomic E-state index is 0. The SMILES string of the molecule is COc1ccc(S(=O)(=O)N2CCC3(CCNC3)C2)cc1OC.Cl. The second kappa shape index (κ2) is 6.84. The number of benzene rings is 1. The maximum atomic E-state index is 12.9. The van der Waals surface area contributed by atoms with Crippen molar-refractivity contribution in [1.29, 1.82) is 0 Å². The van der Waals surface area contributed by atoms with Crippen LogP contribution in [-0.2, 0) is 10.0 Å². The number of methoxy groups -OCH3 is 2. The zero-order valence-electron chi connectivity index (χ0n) is 13.4. The highest BCUT2D eigenvalue weighted by atomic mass is 35.5. The summed E-state index contributed by atoms with van der Waals surface area (Å²) in [6.07, 6.45) is 1.97. The van der Waals surface area contributed by atoms with E-state index in [1.165, 1.54) is 20.3 Å². The lowest BCUT2D eigenvalue weighted by Gasteiger charge is -2.22. The van der Waals surface area contributed by atoms with Crippen molar-refractivity contribution in [1.82, 2.24) is 9.62 Å². The molecule has 23 heavy (non-hydrogen) atoms. The van der Waals surface area contributed by atoms with Crippen LogP contribution in [-0.4, -0.2) is 53.1 Å². The third-order valence-electron chi connectivity index (χ3n) is 4.73. The maximum Gasteiger partial charge on any atom is 0.243 e. The van der Waals surface area contributed by atoms with Gasteiger partial charge in [-0.1, -0.05) is 0 Å². The fourth-order valence-electron chi connectivity index (χ4n) is 3.37. The molecule has 2 fully saturated rings. The number of hydrogen-bond acceptors (Lipinski definition) is 5. The summed E-state index contributed by atoms with van der Waals surface area (Å²) in [4.78, 5) is 0.258. The van der Waals surface area contributed by atoms with Crippen LogP contribution < -0.4 is 14.8 Å². The van der Waals surface area contributed by atoms with Crippen molar-refractivity contribution in [3.63, 3.8) is 0 Å². The first-order valence-electron chi connectivity index (χ1n) is 7.44. The number of nitrogens with zero attached hydrogens (tertiary/aromatic N) is 1. The first kappa shape index (κ1) is 18.3. The molecule has 0 saturated carbocycles. The Bertz CT molecular complexity index is 659. The van der Waals surface area contributed by atoms with Crippen molar-refractivity contribution in [2.45, 2.75) is 17.7 Å². The van der Waals surface area contributed by atoms with Crippen molar-refractivity contribution >= 4 is 22.4 Å². The van der Waals surface area contributed by atoms with Gasteiger partial charge in [-0.3, -0.25) is 0 Å². The molecule has 0 bridgehead atoms. The second-order valence-corrected chi connectivity index (χ2v) is 7.97. The van der Waals surface area contributed by atoms with Crippen LogP contribution in [0.25, 0.3) is 0 Å². The summed E-state index contributed by atoms with van der Waals surface area (Å²) in [5.41, 5.74) is 0.115. The maximum absolute atomic E-state index is 12.9. The number of nitrogens with one attached hydrogen (secondary N) is 1. The molecule has 3 rings (SSSR count). The van der Waals surface area contributed by atoms with Gasteiger partial charge >= 0.3 is 0 Å². The van der Waals surface area contributed by atoms with Crippen molar-refractivity contribution in [3.8, 4) is 11.5 Å². The molecule has 1 aromatic rings. The Morgan fingerprint density at radius 1 is 1.17 bits per heavy atom. The fourth-order valence-corrected chi connectivity index (χ4v) is 4.94. The first-order chi connectivity index (χ1) is 10.5. The van der Waals surface area contributed by atoms with Crippen LogP contribution in [0, 0.1) is 5.41 Å². The van der Waals surface area contributed by atoms with Crippen molar-refractivity contribution in [3.05, 3.63) is 18.2 Å². The highest BCUT2D eigenvalue weighted by molar-refractivity contribution is 7.89. The molecule has 0 radical (unpaired) electrons. The quantitative estimate of drug-likeness (QED) is 0.879. The normalized spacial score (nSPS) is 24.6. The van der Waals surface area contributed by atoms with Gasteiger partial charge in [0.1, 0.15) is 0 Å². The van der Waals surface area contributed by atoms with Crippen LogP contribution >= 0.6 is 12.4 Å². The van der Waals surface area contributed by atoms with E-state index in [-0.39, 0.29) is 22.7 Å². The van der Waals surface area contributed by atoms with Gasteiger partial charge in [0, 0.05) is 25.7 Å². The van der Waals surface area contributed by atoms with Gasteiger partial charge < -0.3 is 14.8 Å². The van der Waals surface area contributed by atoms with Gasteiger partial charge in [-0.05, 0) is 36.9 Å². The number of ether oxygens (including phenoxy) is 2. The smallest absolute Gasteiger partial charge is 0.243 e. The summed E-state index contributed by atoms with van der Waals surface area (Å²) in [6.45, 7) is 3.06. The molecule has 0 amide bonds. The molecule has 0 aromatic heterocycles. The molecule has 130 valence electrons. The van der Waals surface area contributed by atoms with Crippen molar-refractivity contribution in [2.24, 2.45) is 5.41 Å². The summed E-state index contributed by atoms with van der Waals surface area (Å²) in [6, 6.07) is 4.75. The lowest BCUT2D eigenvalue weighted by Crippen LogP contribution is -2.33. The Labute approximate surface area is 143 Å². The molecular formula is C15H23ClN2O4S. The standard InChI is InChI=1S/C15H22N2O4S.ClH/c1-20-13-4-3-12(9-14(13)21-2)22(18,19)17-8-6-15(11-17)5-7-16-10-15;/h3-4,9,16H,5-8,10-11H2,1-2H3;1H. The second-order valence-electron chi connectivity index (χ2n) is 6.03. The summed E-state index contributed by atoms with van der Waals surface area (Å²) < 4.78 is 37.7. The molecule has 0 aliphatic carbocycles. The zero-order chi connectivity index (χ0) is 15.8. The fraction of sp³-hybridized carbons (Fsp3) is 0.600. The van der Waals surface area contributed by atoms with Gasteiger partial charge in [-0.25, -0.2) is 8.42 Å². The van der Waals surface area contributed by atoms with Crippen LogP contribution in [0.5, 0.6) is 11.5 Å².